The molecule has 2 aliphatic rings. The summed E-state index contributed by atoms with van der Waals surface area (Å²) in [6, 6.07) is 8.14. The van der Waals surface area contributed by atoms with Gasteiger partial charge < -0.3 is 19.7 Å². The van der Waals surface area contributed by atoms with Crippen LogP contribution in [-0.4, -0.2) is 73.4 Å². The number of carbonyl (C=O) groups excluding carboxylic acids is 5. The number of nitrogens with one attached hydrogen (secondary N) is 1. The van der Waals surface area contributed by atoms with Gasteiger partial charge >= 0.3 is 17.8 Å². The fraction of sp³-hybridized carbons (Fsp3) is 0.629. The van der Waals surface area contributed by atoms with Crippen LogP contribution in [0.3, 0.4) is 0 Å². The molecular formula is C35H52N3O7+. The van der Waals surface area contributed by atoms with E-state index < -0.39 is 33.8 Å². The molecule has 3 amide bonds. The third-order valence-electron chi connectivity index (χ3n) is 9.22. The summed E-state index contributed by atoms with van der Waals surface area (Å²) in [4.78, 5) is 69.6. The van der Waals surface area contributed by atoms with Crippen molar-refractivity contribution in [3.8, 4) is 0 Å². The van der Waals surface area contributed by atoms with Crippen LogP contribution in [0.1, 0.15) is 91.9 Å². The Kier molecular flexibility index (Phi) is 13.3. The molecule has 0 saturated heterocycles. The number of carbonyl (C=O) groups is 5. The molecular weight excluding hydrogens is 574 g/mol. The molecule has 1 aromatic carbocycles. The van der Waals surface area contributed by atoms with E-state index in [4.69, 9.17) is 9.47 Å². The van der Waals surface area contributed by atoms with Crippen molar-refractivity contribution in [2.45, 2.75) is 104 Å². The summed E-state index contributed by atoms with van der Waals surface area (Å²) >= 11 is 0. The maximum atomic E-state index is 14.4. The third-order valence-corrected chi connectivity index (χ3v) is 9.22. The minimum atomic E-state index is -0.922. The molecule has 1 heterocycles. The molecule has 1 saturated carbocycles. The van der Waals surface area contributed by atoms with Gasteiger partial charge in [-0.1, -0.05) is 44.4 Å². The number of quaternary nitrogens is 1. The lowest BCUT2D eigenvalue weighted by molar-refractivity contribution is -0.154. The molecule has 1 aliphatic heterocycles. The number of amides is 3. The van der Waals surface area contributed by atoms with Crippen molar-refractivity contribution in [1.82, 2.24) is 14.7 Å². The van der Waals surface area contributed by atoms with Crippen molar-refractivity contribution in [3.05, 3.63) is 42.6 Å². The number of allylic oxidation sites excluding steroid dienone is 1. The molecule has 1 aliphatic carbocycles. The van der Waals surface area contributed by atoms with Crippen LogP contribution in [0.25, 0.3) is 0 Å². The molecule has 1 aromatic rings. The van der Waals surface area contributed by atoms with Gasteiger partial charge in [0.25, 0.3) is 0 Å². The van der Waals surface area contributed by atoms with Crippen LogP contribution in [0, 0.1) is 11.3 Å². The van der Waals surface area contributed by atoms with Gasteiger partial charge in [-0.2, -0.15) is 4.48 Å². The summed E-state index contributed by atoms with van der Waals surface area (Å²) in [5.74, 6) is -2.55. The van der Waals surface area contributed by atoms with Crippen LogP contribution in [0.4, 0.5) is 5.69 Å². The normalized spacial score (nSPS) is 21.6. The summed E-state index contributed by atoms with van der Waals surface area (Å²) in [5, 5.41) is 3.07. The highest BCUT2D eigenvalue weighted by Crippen LogP contribution is 2.45. The summed E-state index contributed by atoms with van der Waals surface area (Å²) in [5.41, 5.74) is -0.319. The number of rotatable bonds is 15. The van der Waals surface area contributed by atoms with Crippen LogP contribution in [0.5, 0.6) is 0 Å². The van der Waals surface area contributed by atoms with Crippen LogP contribution >= 0.6 is 0 Å². The number of unbranched alkanes of at least 4 members (excludes halogenated alkanes) is 1. The number of benzene rings is 1. The smallest absolute Gasteiger partial charge is 0.363 e. The first kappa shape index (κ1) is 35.9. The molecule has 3 atom stereocenters. The lowest BCUT2D eigenvalue weighted by Gasteiger charge is -2.35. The molecule has 0 radical (unpaired) electrons. The Bertz CT molecular complexity index is 1210. The fourth-order valence-electron chi connectivity index (χ4n) is 6.34. The highest BCUT2D eigenvalue weighted by molar-refractivity contribution is 6.00. The standard InChI is InChI=1S/C35H51N3O7/c1-6-8-22-45-33(42)27(23-30(39)37(5)26(3)4)24-35(19-13-14-20-35)34(43)36-29-18-12-15-21-38(32(29)41,25-31(40)44-7-2)28-16-10-9-11-17-28/h9-11,15-17,21,26-27,29H,6-8,12-14,18-20,22-25H2,1-5H3/p+1/t27?,29-,38?/m0/s1. The van der Waals surface area contributed by atoms with Crippen LogP contribution in [0.2, 0.25) is 0 Å². The van der Waals surface area contributed by atoms with Gasteiger partial charge in [-0.15, -0.1) is 0 Å². The third kappa shape index (κ3) is 9.02. The van der Waals surface area contributed by atoms with Gasteiger partial charge in [0.1, 0.15) is 17.9 Å². The first-order valence-corrected chi connectivity index (χ1v) is 16.5. The number of nitrogens with zero attached hydrogens (tertiary/aromatic N) is 2. The molecule has 3 rings (SSSR count). The summed E-state index contributed by atoms with van der Waals surface area (Å²) in [6.45, 7) is 7.76. The highest BCUT2D eigenvalue weighted by atomic mass is 16.5. The van der Waals surface area contributed by atoms with Crippen molar-refractivity contribution in [2.75, 3.05) is 26.8 Å². The van der Waals surface area contributed by atoms with Gasteiger partial charge in [0.2, 0.25) is 11.8 Å². The van der Waals surface area contributed by atoms with E-state index in [-0.39, 0.29) is 56.4 Å². The lowest BCUT2D eigenvalue weighted by Crippen LogP contribution is -2.61. The predicted molar refractivity (Wildman–Crippen MR) is 172 cm³/mol. The molecule has 0 spiro atoms. The Balaban J connectivity index is 1.91. The highest BCUT2D eigenvalue weighted by Gasteiger charge is 2.50. The Hall–Kier alpha value is -3.53. The Morgan fingerprint density at radius 3 is 2.38 bits per heavy atom. The van der Waals surface area contributed by atoms with Crippen molar-refractivity contribution in [3.63, 3.8) is 0 Å². The number of para-hydroxylation sites is 1. The van der Waals surface area contributed by atoms with E-state index in [2.05, 4.69) is 5.32 Å². The second-order valence-corrected chi connectivity index (χ2v) is 12.7. The van der Waals surface area contributed by atoms with Crippen molar-refractivity contribution in [1.29, 1.82) is 0 Å². The fourth-order valence-corrected chi connectivity index (χ4v) is 6.34. The maximum Gasteiger partial charge on any atom is 0.363 e. The molecule has 1 N–H and O–H groups in total. The molecule has 0 aromatic heterocycles. The van der Waals surface area contributed by atoms with Gasteiger partial charge in [0.15, 0.2) is 6.54 Å². The number of esters is 2. The monoisotopic (exact) mass is 626 g/mol. The Labute approximate surface area is 268 Å². The van der Waals surface area contributed by atoms with Gasteiger partial charge in [-0.25, -0.2) is 9.59 Å². The van der Waals surface area contributed by atoms with Gasteiger partial charge in [-0.3, -0.25) is 14.4 Å². The molecule has 2 unspecified atom stereocenters. The van der Waals surface area contributed by atoms with E-state index in [9.17, 15) is 24.0 Å². The van der Waals surface area contributed by atoms with Gasteiger partial charge in [-0.05, 0) is 65.4 Å². The zero-order valence-corrected chi connectivity index (χ0v) is 27.7. The topological polar surface area (TPSA) is 119 Å². The molecule has 10 nitrogen and oxygen atoms in total. The van der Waals surface area contributed by atoms with Crippen LogP contribution in [0.15, 0.2) is 42.6 Å². The quantitative estimate of drug-likeness (QED) is 0.165. The molecule has 45 heavy (non-hydrogen) atoms. The maximum absolute atomic E-state index is 14.4. The minimum absolute atomic E-state index is 0.0366. The first-order chi connectivity index (χ1) is 21.5. The first-order valence-electron chi connectivity index (χ1n) is 16.5. The van der Waals surface area contributed by atoms with E-state index in [1.165, 1.54) is 0 Å². The zero-order valence-electron chi connectivity index (χ0n) is 27.7. The molecule has 248 valence electrons. The molecule has 0 bridgehead atoms. The van der Waals surface area contributed by atoms with E-state index in [0.717, 1.165) is 25.7 Å². The summed E-state index contributed by atoms with van der Waals surface area (Å²) in [6.07, 6.45) is 8.91. The number of hydrogen-bond acceptors (Lipinski definition) is 7. The second-order valence-electron chi connectivity index (χ2n) is 12.7. The van der Waals surface area contributed by atoms with Gasteiger partial charge in [0.05, 0.1) is 24.5 Å². The average Bonchev–Trinajstić information content (AvgIpc) is 3.45. The minimum Gasteiger partial charge on any atom is -0.465 e. The molecule has 10 heteroatoms. The van der Waals surface area contributed by atoms with Crippen molar-refractivity contribution >= 4 is 35.3 Å². The van der Waals surface area contributed by atoms with E-state index >= 15 is 0 Å². The van der Waals surface area contributed by atoms with Crippen LogP contribution < -0.4 is 9.80 Å². The largest absolute Gasteiger partial charge is 0.465 e. The predicted octanol–water partition coefficient (Wildman–Crippen LogP) is 5.04. The van der Waals surface area contributed by atoms with E-state index in [0.29, 0.717) is 31.4 Å². The van der Waals surface area contributed by atoms with Crippen molar-refractivity contribution < 1.29 is 33.4 Å². The average molecular weight is 627 g/mol. The zero-order chi connectivity index (χ0) is 33.0. The summed E-state index contributed by atoms with van der Waals surface area (Å²) in [7, 11) is 1.71. The Morgan fingerprint density at radius 2 is 1.76 bits per heavy atom. The van der Waals surface area contributed by atoms with Gasteiger partial charge in [0, 0.05) is 31.6 Å². The summed E-state index contributed by atoms with van der Waals surface area (Å²) < 4.78 is 10.4. The second kappa shape index (κ2) is 16.7. The number of ether oxygens (including phenoxy) is 2. The van der Waals surface area contributed by atoms with E-state index in [1.807, 2.05) is 45.0 Å². The SMILES string of the molecule is CCCCOC(=O)C(CC(=O)N(C)C(C)C)CC1(C(=O)N[C@H]2CCC=C[N+](CC(=O)OCC)(c3ccccc3)C2=O)CCCC1. The lowest BCUT2D eigenvalue weighted by atomic mass is 9.75. The van der Waals surface area contributed by atoms with Crippen molar-refractivity contribution in [2.24, 2.45) is 11.3 Å². The van der Waals surface area contributed by atoms with Crippen LogP contribution in [-0.2, 0) is 33.4 Å². The molecule has 1 fully saturated rings. The van der Waals surface area contributed by atoms with E-state index in [1.54, 1.807) is 37.2 Å². The number of hydrogen-bond donors (Lipinski definition) is 1. The Morgan fingerprint density at radius 1 is 1.07 bits per heavy atom.